The SMILES string of the molecule is CNC1CC(OC2CCC(C)(C)CC2)C1OC. The van der Waals surface area contributed by atoms with Crippen molar-refractivity contribution in [3.8, 4) is 0 Å². The molecule has 3 unspecified atom stereocenters. The minimum Gasteiger partial charge on any atom is -0.377 e. The van der Waals surface area contributed by atoms with Crippen molar-refractivity contribution >= 4 is 0 Å². The Morgan fingerprint density at radius 2 is 1.82 bits per heavy atom. The first-order valence-electron chi connectivity index (χ1n) is 6.91. The van der Waals surface area contributed by atoms with E-state index in [1.807, 2.05) is 7.05 Å². The average molecular weight is 241 g/mol. The van der Waals surface area contributed by atoms with Gasteiger partial charge in [-0.2, -0.15) is 0 Å². The molecule has 0 aromatic carbocycles. The number of hydrogen-bond donors (Lipinski definition) is 1. The lowest BCUT2D eigenvalue weighted by atomic mass is 9.76. The second-order valence-electron chi connectivity index (χ2n) is 6.37. The van der Waals surface area contributed by atoms with E-state index in [0.29, 0.717) is 23.7 Å². The first-order valence-corrected chi connectivity index (χ1v) is 6.91. The molecule has 17 heavy (non-hydrogen) atoms. The van der Waals surface area contributed by atoms with Crippen LogP contribution in [0, 0.1) is 5.41 Å². The fourth-order valence-corrected chi connectivity index (χ4v) is 3.07. The fraction of sp³-hybridized carbons (Fsp3) is 1.00. The number of rotatable bonds is 4. The van der Waals surface area contributed by atoms with E-state index in [2.05, 4.69) is 19.2 Å². The molecular formula is C14H27NO2. The van der Waals surface area contributed by atoms with E-state index >= 15 is 0 Å². The molecule has 3 nitrogen and oxygen atoms in total. The Kier molecular flexibility index (Phi) is 4.11. The van der Waals surface area contributed by atoms with Gasteiger partial charge in [0, 0.05) is 13.2 Å². The zero-order chi connectivity index (χ0) is 12.5. The predicted molar refractivity (Wildman–Crippen MR) is 69.2 cm³/mol. The molecule has 2 rings (SSSR count). The Bertz CT molecular complexity index is 245. The van der Waals surface area contributed by atoms with Crippen LogP contribution in [0.1, 0.15) is 46.0 Å². The zero-order valence-electron chi connectivity index (χ0n) is 11.7. The van der Waals surface area contributed by atoms with Crippen LogP contribution in [-0.4, -0.2) is 38.5 Å². The minimum absolute atomic E-state index is 0.245. The molecular weight excluding hydrogens is 214 g/mol. The molecule has 0 spiro atoms. The molecule has 0 aromatic heterocycles. The summed E-state index contributed by atoms with van der Waals surface area (Å²) >= 11 is 0. The summed E-state index contributed by atoms with van der Waals surface area (Å²) in [7, 11) is 3.78. The number of methoxy groups -OCH3 is 1. The average Bonchev–Trinajstić information content (AvgIpc) is 2.26. The highest BCUT2D eigenvalue weighted by atomic mass is 16.5. The Labute approximate surface area is 105 Å². The molecule has 1 N–H and O–H groups in total. The summed E-state index contributed by atoms with van der Waals surface area (Å²) in [4.78, 5) is 0. The predicted octanol–water partition coefficient (Wildman–Crippen LogP) is 2.35. The second-order valence-corrected chi connectivity index (χ2v) is 6.37. The molecule has 0 heterocycles. The monoisotopic (exact) mass is 241 g/mol. The lowest BCUT2D eigenvalue weighted by Gasteiger charge is -2.46. The maximum atomic E-state index is 6.19. The van der Waals surface area contributed by atoms with Crippen molar-refractivity contribution in [2.45, 2.75) is 70.3 Å². The fourth-order valence-electron chi connectivity index (χ4n) is 3.07. The molecule has 2 aliphatic rings. The number of ether oxygens (including phenoxy) is 2. The van der Waals surface area contributed by atoms with E-state index in [4.69, 9.17) is 9.47 Å². The molecule has 2 fully saturated rings. The summed E-state index contributed by atoms with van der Waals surface area (Å²) < 4.78 is 11.7. The molecule has 0 amide bonds. The van der Waals surface area contributed by atoms with Crippen LogP contribution in [0.15, 0.2) is 0 Å². The Hall–Kier alpha value is -0.120. The van der Waals surface area contributed by atoms with Gasteiger partial charge in [-0.25, -0.2) is 0 Å². The maximum absolute atomic E-state index is 6.19. The van der Waals surface area contributed by atoms with Gasteiger partial charge in [0.1, 0.15) is 0 Å². The smallest absolute Gasteiger partial charge is 0.0986 e. The quantitative estimate of drug-likeness (QED) is 0.819. The van der Waals surface area contributed by atoms with Crippen LogP contribution in [-0.2, 0) is 9.47 Å². The van der Waals surface area contributed by atoms with Crippen molar-refractivity contribution < 1.29 is 9.47 Å². The van der Waals surface area contributed by atoms with E-state index in [1.54, 1.807) is 7.11 Å². The van der Waals surface area contributed by atoms with E-state index in [1.165, 1.54) is 25.7 Å². The highest BCUT2D eigenvalue weighted by molar-refractivity contribution is 4.97. The number of nitrogens with one attached hydrogen (secondary N) is 1. The van der Waals surface area contributed by atoms with Gasteiger partial charge in [-0.1, -0.05) is 13.8 Å². The van der Waals surface area contributed by atoms with Gasteiger partial charge in [-0.3, -0.25) is 0 Å². The van der Waals surface area contributed by atoms with Crippen LogP contribution in [0.3, 0.4) is 0 Å². The molecule has 2 aliphatic carbocycles. The summed E-state index contributed by atoms with van der Waals surface area (Å²) in [5.74, 6) is 0. The Balaban J connectivity index is 1.76. The first kappa shape index (κ1) is 13.3. The number of hydrogen-bond acceptors (Lipinski definition) is 3. The van der Waals surface area contributed by atoms with Crippen LogP contribution >= 0.6 is 0 Å². The van der Waals surface area contributed by atoms with E-state index in [9.17, 15) is 0 Å². The summed E-state index contributed by atoms with van der Waals surface area (Å²) in [6.07, 6.45) is 7.11. The Morgan fingerprint density at radius 3 is 2.35 bits per heavy atom. The largest absolute Gasteiger partial charge is 0.377 e. The van der Waals surface area contributed by atoms with Gasteiger partial charge < -0.3 is 14.8 Å². The van der Waals surface area contributed by atoms with E-state index in [-0.39, 0.29) is 6.10 Å². The van der Waals surface area contributed by atoms with E-state index in [0.717, 1.165) is 6.42 Å². The van der Waals surface area contributed by atoms with E-state index < -0.39 is 0 Å². The van der Waals surface area contributed by atoms with Gasteiger partial charge in [-0.15, -0.1) is 0 Å². The molecule has 0 saturated heterocycles. The molecule has 2 saturated carbocycles. The molecule has 0 aliphatic heterocycles. The normalized spacial score (nSPS) is 37.8. The minimum atomic E-state index is 0.245. The summed E-state index contributed by atoms with van der Waals surface area (Å²) in [5, 5.41) is 3.28. The van der Waals surface area contributed by atoms with Crippen LogP contribution in [0.25, 0.3) is 0 Å². The van der Waals surface area contributed by atoms with Crippen molar-refractivity contribution in [2.75, 3.05) is 14.2 Å². The third kappa shape index (κ3) is 3.01. The van der Waals surface area contributed by atoms with Gasteiger partial charge in [0.2, 0.25) is 0 Å². The maximum Gasteiger partial charge on any atom is 0.0986 e. The highest BCUT2D eigenvalue weighted by Crippen LogP contribution is 2.38. The van der Waals surface area contributed by atoms with Gasteiger partial charge >= 0.3 is 0 Å². The van der Waals surface area contributed by atoms with Gasteiger partial charge in [0.25, 0.3) is 0 Å². The summed E-state index contributed by atoms with van der Waals surface area (Å²) in [6, 6.07) is 0.477. The molecule has 3 atom stereocenters. The van der Waals surface area contributed by atoms with Crippen molar-refractivity contribution in [1.82, 2.24) is 5.32 Å². The molecule has 0 aromatic rings. The first-order chi connectivity index (χ1) is 8.05. The standard InChI is InChI=1S/C14H27NO2/c1-14(2)7-5-10(6-8-14)17-12-9-11(15-3)13(12)16-4/h10-13,15H,5-9H2,1-4H3. The molecule has 0 bridgehead atoms. The molecule has 3 heteroatoms. The lowest BCUT2D eigenvalue weighted by Crippen LogP contribution is -2.59. The summed E-state index contributed by atoms with van der Waals surface area (Å²) in [5.41, 5.74) is 0.521. The lowest BCUT2D eigenvalue weighted by molar-refractivity contribution is -0.165. The van der Waals surface area contributed by atoms with Crippen molar-refractivity contribution in [2.24, 2.45) is 5.41 Å². The third-order valence-corrected chi connectivity index (χ3v) is 4.55. The Morgan fingerprint density at radius 1 is 1.18 bits per heavy atom. The molecule has 0 radical (unpaired) electrons. The summed E-state index contributed by atoms with van der Waals surface area (Å²) in [6.45, 7) is 4.73. The van der Waals surface area contributed by atoms with Gasteiger partial charge in [0.05, 0.1) is 18.3 Å². The molecule has 100 valence electrons. The zero-order valence-corrected chi connectivity index (χ0v) is 11.7. The highest BCUT2D eigenvalue weighted by Gasteiger charge is 2.43. The van der Waals surface area contributed by atoms with Gasteiger partial charge in [0.15, 0.2) is 0 Å². The third-order valence-electron chi connectivity index (χ3n) is 4.55. The van der Waals surface area contributed by atoms with Crippen LogP contribution in [0.5, 0.6) is 0 Å². The van der Waals surface area contributed by atoms with Crippen LogP contribution in [0.4, 0.5) is 0 Å². The number of likely N-dealkylation sites (N-methyl/N-ethyl adjacent to an activating group) is 1. The van der Waals surface area contributed by atoms with Crippen molar-refractivity contribution in [3.63, 3.8) is 0 Å². The van der Waals surface area contributed by atoms with Gasteiger partial charge in [-0.05, 0) is 44.6 Å². The van der Waals surface area contributed by atoms with Crippen molar-refractivity contribution in [3.05, 3.63) is 0 Å². The van der Waals surface area contributed by atoms with Crippen molar-refractivity contribution in [1.29, 1.82) is 0 Å². The second kappa shape index (κ2) is 5.25. The van der Waals surface area contributed by atoms with Crippen LogP contribution < -0.4 is 5.32 Å². The van der Waals surface area contributed by atoms with Crippen LogP contribution in [0.2, 0.25) is 0 Å². The topological polar surface area (TPSA) is 30.5 Å².